The van der Waals surface area contributed by atoms with Crippen LogP contribution in [0, 0.1) is 11.2 Å². The molecule has 6 heteroatoms. The molecule has 0 amide bonds. The summed E-state index contributed by atoms with van der Waals surface area (Å²) in [5, 5.41) is 19.1. The van der Waals surface area contributed by atoms with Crippen molar-refractivity contribution in [3.63, 3.8) is 0 Å². The maximum Gasteiger partial charge on any atom is 0.303 e. The van der Waals surface area contributed by atoms with E-state index >= 15 is 0 Å². The molecule has 19 heavy (non-hydrogen) atoms. The first kappa shape index (κ1) is 16.4. The van der Waals surface area contributed by atoms with E-state index in [1.165, 1.54) is 12.1 Å². The summed E-state index contributed by atoms with van der Waals surface area (Å²) in [6, 6.07) is 2.54. The first-order chi connectivity index (χ1) is 8.62. The summed E-state index contributed by atoms with van der Waals surface area (Å²) < 4.78 is 14.2. The maximum atomic E-state index is 13.8. The van der Waals surface area contributed by atoms with Crippen LogP contribution in [0.15, 0.2) is 16.6 Å². The van der Waals surface area contributed by atoms with Crippen molar-refractivity contribution in [3.8, 4) is 0 Å². The number of hydrogen-bond acceptors (Lipinski definition) is 2. The number of carboxylic acids is 1. The van der Waals surface area contributed by atoms with Crippen LogP contribution in [0.5, 0.6) is 0 Å². The second-order valence-electron chi connectivity index (χ2n) is 5.24. The molecule has 106 valence electrons. The molecular weight excluding hydrogens is 338 g/mol. The van der Waals surface area contributed by atoms with Crippen molar-refractivity contribution >= 4 is 33.5 Å². The third-order valence-electron chi connectivity index (χ3n) is 2.77. The molecular formula is C13H15BrClFO3. The average Bonchev–Trinajstić information content (AvgIpc) is 2.20. The fourth-order valence-corrected chi connectivity index (χ4v) is 2.40. The quantitative estimate of drug-likeness (QED) is 0.781. The lowest BCUT2D eigenvalue weighted by Gasteiger charge is -2.26. The lowest BCUT2D eigenvalue weighted by molar-refractivity contribution is -0.139. The molecule has 1 aromatic carbocycles. The standard InChI is InChI=1S/C13H15BrClFO3/c1-13(2,6-12(18)19)5-11(17)7-3-9(15)8(14)4-10(7)16/h3-4,11,17H,5-6H2,1-2H3,(H,18,19). The van der Waals surface area contributed by atoms with E-state index in [0.29, 0.717) is 9.50 Å². The molecule has 0 saturated heterocycles. The summed E-state index contributed by atoms with van der Waals surface area (Å²) in [6.07, 6.45) is -1.07. The van der Waals surface area contributed by atoms with E-state index in [2.05, 4.69) is 15.9 Å². The van der Waals surface area contributed by atoms with Gasteiger partial charge in [-0.2, -0.15) is 0 Å². The highest BCUT2D eigenvalue weighted by molar-refractivity contribution is 9.10. The molecule has 1 atom stereocenters. The summed E-state index contributed by atoms with van der Waals surface area (Å²) in [7, 11) is 0. The Balaban J connectivity index is 2.92. The van der Waals surface area contributed by atoms with E-state index in [0.717, 1.165) is 0 Å². The first-order valence-corrected chi connectivity index (χ1v) is 6.84. The molecule has 1 aromatic rings. The summed E-state index contributed by atoms with van der Waals surface area (Å²) in [4.78, 5) is 10.7. The molecule has 0 aromatic heterocycles. The van der Waals surface area contributed by atoms with Crippen LogP contribution in [-0.4, -0.2) is 16.2 Å². The average molecular weight is 354 g/mol. The van der Waals surface area contributed by atoms with Gasteiger partial charge in [-0.15, -0.1) is 0 Å². The van der Waals surface area contributed by atoms with E-state index in [-0.39, 0.29) is 18.4 Å². The molecule has 0 aliphatic heterocycles. The Morgan fingerprint density at radius 2 is 2.11 bits per heavy atom. The van der Waals surface area contributed by atoms with Crippen molar-refractivity contribution in [2.24, 2.45) is 5.41 Å². The normalized spacial score (nSPS) is 13.4. The summed E-state index contributed by atoms with van der Waals surface area (Å²) in [5.74, 6) is -1.53. The second kappa shape index (κ2) is 6.20. The predicted octanol–water partition coefficient (Wildman–Crippen LogP) is 4.17. The number of hydrogen-bond donors (Lipinski definition) is 2. The molecule has 1 unspecified atom stereocenters. The second-order valence-corrected chi connectivity index (χ2v) is 6.50. The zero-order chi connectivity index (χ0) is 14.8. The fraction of sp³-hybridized carbons (Fsp3) is 0.462. The van der Waals surface area contributed by atoms with Crippen LogP contribution < -0.4 is 0 Å². The van der Waals surface area contributed by atoms with Crippen molar-refractivity contribution < 1.29 is 19.4 Å². The van der Waals surface area contributed by atoms with Gasteiger partial charge in [0.25, 0.3) is 0 Å². The van der Waals surface area contributed by atoms with Gasteiger partial charge >= 0.3 is 5.97 Å². The third-order valence-corrected chi connectivity index (χ3v) is 3.97. The number of halogens is 3. The van der Waals surface area contributed by atoms with Crippen molar-refractivity contribution in [1.29, 1.82) is 0 Å². The number of benzene rings is 1. The highest BCUT2D eigenvalue weighted by atomic mass is 79.9. The molecule has 0 heterocycles. The third kappa shape index (κ3) is 4.75. The summed E-state index contributed by atoms with van der Waals surface area (Å²) >= 11 is 8.96. The van der Waals surface area contributed by atoms with Crippen LogP contribution >= 0.6 is 27.5 Å². The molecule has 2 N–H and O–H groups in total. The Hall–Kier alpha value is -0.650. The van der Waals surface area contributed by atoms with Gasteiger partial charge in [0, 0.05) is 10.0 Å². The number of aliphatic carboxylic acids is 1. The van der Waals surface area contributed by atoms with Gasteiger partial charge < -0.3 is 10.2 Å². The Bertz CT molecular complexity index is 491. The van der Waals surface area contributed by atoms with Crippen LogP contribution in [0.2, 0.25) is 5.02 Å². The van der Waals surface area contributed by atoms with Crippen LogP contribution in [0.4, 0.5) is 4.39 Å². The van der Waals surface area contributed by atoms with E-state index in [9.17, 15) is 14.3 Å². The van der Waals surface area contributed by atoms with Crippen molar-refractivity contribution in [3.05, 3.63) is 33.0 Å². The van der Waals surface area contributed by atoms with Crippen LogP contribution in [0.3, 0.4) is 0 Å². The van der Waals surface area contributed by atoms with Crippen LogP contribution in [-0.2, 0) is 4.79 Å². The molecule has 0 spiro atoms. The number of aliphatic hydroxyl groups excluding tert-OH is 1. The molecule has 0 fully saturated rings. The minimum Gasteiger partial charge on any atom is -0.481 e. The van der Waals surface area contributed by atoms with E-state index < -0.39 is 23.3 Å². The van der Waals surface area contributed by atoms with Gasteiger partial charge in [0.15, 0.2) is 0 Å². The minimum absolute atomic E-state index is 0.0756. The Kier molecular flexibility index (Phi) is 5.35. The van der Waals surface area contributed by atoms with Crippen molar-refractivity contribution in [1.82, 2.24) is 0 Å². The van der Waals surface area contributed by atoms with Gasteiger partial charge in [0.05, 0.1) is 17.5 Å². The number of carboxylic acid groups (broad SMARTS) is 1. The van der Waals surface area contributed by atoms with Gasteiger partial charge in [0.1, 0.15) is 5.82 Å². The van der Waals surface area contributed by atoms with E-state index in [4.69, 9.17) is 16.7 Å². The summed E-state index contributed by atoms with van der Waals surface area (Å²) in [6.45, 7) is 3.42. The van der Waals surface area contributed by atoms with Crippen LogP contribution in [0.1, 0.15) is 38.4 Å². The minimum atomic E-state index is -1.10. The Morgan fingerprint density at radius 1 is 1.53 bits per heavy atom. The largest absolute Gasteiger partial charge is 0.481 e. The number of carbonyl (C=O) groups is 1. The lowest BCUT2D eigenvalue weighted by atomic mass is 9.82. The fourth-order valence-electron chi connectivity index (χ4n) is 1.91. The highest BCUT2D eigenvalue weighted by Gasteiger charge is 2.27. The van der Waals surface area contributed by atoms with Gasteiger partial charge in [-0.3, -0.25) is 4.79 Å². The molecule has 0 aliphatic carbocycles. The van der Waals surface area contributed by atoms with E-state index in [1.807, 2.05) is 0 Å². The molecule has 3 nitrogen and oxygen atoms in total. The van der Waals surface area contributed by atoms with Crippen molar-refractivity contribution in [2.75, 3.05) is 0 Å². The van der Waals surface area contributed by atoms with Gasteiger partial charge in [-0.1, -0.05) is 25.4 Å². The lowest BCUT2D eigenvalue weighted by Crippen LogP contribution is -2.20. The molecule has 0 saturated carbocycles. The number of aliphatic hydroxyl groups is 1. The molecule has 0 aliphatic rings. The molecule has 1 rings (SSSR count). The smallest absolute Gasteiger partial charge is 0.303 e. The Labute approximate surface area is 124 Å². The topological polar surface area (TPSA) is 57.5 Å². The maximum absolute atomic E-state index is 13.8. The summed E-state index contributed by atoms with van der Waals surface area (Å²) in [5.41, 5.74) is -0.566. The SMILES string of the molecule is CC(C)(CC(=O)O)CC(O)c1cc(Cl)c(Br)cc1F. The predicted molar refractivity (Wildman–Crippen MR) is 74.7 cm³/mol. The number of rotatable bonds is 5. The zero-order valence-electron chi connectivity index (χ0n) is 10.6. The monoisotopic (exact) mass is 352 g/mol. The van der Waals surface area contributed by atoms with Crippen LogP contribution in [0.25, 0.3) is 0 Å². The van der Waals surface area contributed by atoms with Crippen molar-refractivity contribution in [2.45, 2.75) is 32.8 Å². The highest BCUT2D eigenvalue weighted by Crippen LogP contribution is 2.36. The van der Waals surface area contributed by atoms with E-state index in [1.54, 1.807) is 13.8 Å². The Morgan fingerprint density at radius 3 is 2.63 bits per heavy atom. The first-order valence-electron chi connectivity index (χ1n) is 5.67. The van der Waals surface area contributed by atoms with Gasteiger partial charge in [0.2, 0.25) is 0 Å². The van der Waals surface area contributed by atoms with Gasteiger partial charge in [-0.05, 0) is 39.9 Å². The zero-order valence-corrected chi connectivity index (χ0v) is 12.9. The van der Waals surface area contributed by atoms with Gasteiger partial charge in [-0.25, -0.2) is 4.39 Å². The molecule has 0 bridgehead atoms. The molecule has 0 radical (unpaired) electrons.